The number of pyridine rings is 1. The molecule has 0 N–H and O–H groups in total. The molecule has 0 saturated heterocycles. The van der Waals surface area contributed by atoms with Gasteiger partial charge in [-0.1, -0.05) is 86.6 Å². The van der Waals surface area contributed by atoms with Gasteiger partial charge in [0.2, 0.25) is 0 Å². The van der Waals surface area contributed by atoms with Crippen LogP contribution in [0.2, 0.25) is 0 Å². The highest BCUT2D eigenvalue weighted by atomic mass is 16.3. The van der Waals surface area contributed by atoms with Crippen LogP contribution in [0.3, 0.4) is 0 Å². The smallest absolute Gasteiger partial charge is 0.182 e. The highest BCUT2D eigenvalue weighted by Crippen LogP contribution is 2.53. The molecule has 4 aromatic carbocycles. The topological polar surface area (TPSA) is 64.7 Å². The van der Waals surface area contributed by atoms with Crippen LogP contribution in [-0.2, 0) is 5.41 Å². The molecular weight excluding hydrogens is 492 g/mol. The zero-order chi connectivity index (χ0) is 26.8. The van der Waals surface area contributed by atoms with Crippen molar-refractivity contribution in [3.63, 3.8) is 0 Å². The summed E-state index contributed by atoms with van der Waals surface area (Å²) >= 11 is 0. The maximum atomic E-state index is 6.47. The molecule has 40 heavy (non-hydrogen) atoms. The number of benzene rings is 4. The van der Waals surface area contributed by atoms with E-state index in [0.29, 0.717) is 23.2 Å². The van der Waals surface area contributed by atoms with Crippen LogP contribution in [0.5, 0.6) is 0 Å². The van der Waals surface area contributed by atoms with Crippen LogP contribution >= 0.6 is 0 Å². The van der Waals surface area contributed by atoms with E-state index in [9.17, 15) is 0 Å². The van der Waals surface area contributed by atoms with Crippen molar-refractivity contribution in [1.82, 2.24) is 19.9 Å². The summed E-state index contributed by atoms with van der Waals surface area (Å²) in [4.78, 5) is 19.1. The SMILES string of the molecule is CC1(C)c2cc(-c3nc(-c4ccccc4)nc(-c4ccccn4)n3)ccc2-c2ccc3c(oc4ccccc43)c21. The van der Waals surface area contributed by atoms with Crippen LogP contribution in [0.15, 0.2) is 114 Å². The van der Waals surface area contributed by atoms with Crippen molar-refractivity contribution >= 4 is 21.9 Å². The molecule has 7 aromatic rings. The Hall–Kier alpha value is -5.16. The molecule has 0 saturated carbocycles. The van der Waals surface area contributed by atoms with Crippen LogP contribution in [0, 0.1) is 0 Å². The van der Waals surface area contributed by atoms with Gasteiger partial charge in [-0.2, -0.15) is 0 Å². The molecule has 1 aliphatic carbocycles. The first-order valence-electron chi connectivity index (χ1n) is 13.4. The number of hydrogen-bond donors (Lipinski definition) is 0. The maximum absolute atomic E-state index is 6.47. The quantitative estimate of drug-likeness (QED) is 0.236. The fraction of sp³-hybridized carbons (Fsp3) is 0.0857. The first-order valence-corrected chi connectivity index (χ1v) is 13.4. The average molecular weight is 517 g/mol. The second-order valence-electron chi connectivity index (χ2n) is 10.7. The van der Waals surface area contributed by atoms with E-state index in [0.717, 1.165) is 33.1 Å². The second kappa shape index (κ2) is 8.42. The van der Waals surface area contributed by atoms with Gasteiger partial charge in [0.15, 0.2) is 17.5 Å². The Labute approximate surface area is 231 Å². The molecule has 0 atom stereocenters. The summed E-state index contributed by atoms with van der Waals surface area (Å²) in [5.74, 6) is 1.80. The van der Waals surface area contributed by atoms with Crippen molar-refractivity contribution in [2.24, 2.45) is 0 Å². The number of hydrogen-bond acceptors (Lipinski definition) is 5. The molecule has 0 aliphatic heterocycles. The molecule has 1 aliphatic rings. The molecule has 3 aromatic heterocycles. The summed E-state index contributed by atoms with van der Waals surface area (Å²) in [5.41, 5.74) is 9.09. The highest BCUT2D eigenvalue weighted by molar-refractivity contribution is 6.09. The van der Waals surface area contributed by atoms with Gasteiger partial charge in [-0.25, -0.2) is 15.0 Å². The van der Waals surface area contributed by atoms with Gasteiger partial charge in [0.25, 0.3) is 0 Å². The third kappa shape index (κ3) is 3.34. The van der Waals surface area contributed by atoms with Crippen molar-refractivity contribution in [3.8, 4) is 45.4 Å². The van der Waals surface area contributed by atoms with Crippen molar-refractivity contribution in [3.05, 3.63) is 120 Å². The van der Waals surface area contributed by atoms with Crippen molar-refractivity contribution in [1.29, 1.82) is 0 Å². The number of fused-ring (bicyclic) bond motifs is 7. The Morgan fingerprint density at radius 3 is 2.15 bits per heavy atom. The molecule has 0 fully saturated rings. The van der Waals surface area contributed by atoms with Gasteiger partial charge < -0.3 is 4.42 Å². The standard InChI is InChI=1S/C35H24N4O/c1-35(2)27-20-22(15-16-23(27)25-17-18-26-24-12-6-7-14-29(24)40-31(26)30(25)35)33-37-32(21-10-4-3-5-11-21)38-34(39-33)28-13-8-9-19-36-28/h3-20H,1-2H3. The lowest BCUT2D eigenvalue weighted by Gasteiger charge is -2.22. The Balaban J connectivity index is 1.31. The fourth-order valence-electron chi connectivity index (χ4n) is 6.03. The van der Waals surface area contributed by atoms with Gasteiger partial charge in [-0.3, -0.25) is 4.98 Å². The van der Waals surface area contributed by atoms with E-state index in [-0.39, 0.29) is 5.41 Å². The Kier molecular flexibility index (Phi) is 4.80. The van der Waals surface area contributed by atoms with E-state index in [1.165, 1.54) is 22.3 Å². The number of furan rings is 1. The average Bonchev–Trinajstić information content (AvgIpc) is 3.50. The van der Waals surface area contributed by atoms with Gasteiger partial charge >= 0.3 is 0 Å². The molecule has 0 amide bonds. The molecule has 0 radical (unpaired) electrons. The Morgan fingerprint density at radius 2 is 1.32 bits per heavy atom. The molecule has 0 unspecified atom stereocenters. The summed E-state index contributed by atoms with van der Waals surface area (Å²) in [5, 5.41) is 2.30. The number of nitrogens with zero attached hydrogens (tertiary/aromatic N) is 4. The summed E-state index contributed by atoms with van der Waals surface area (Å²) in [6.07, 6.45) is 1.76. The summed E-state index contributed by atoms with van der Waals surface area (Å²) in [7, 11) is 0. The normalized spacial score (nSPS) is 13.4. The van der Waals surface area contributed by atoms with E-state index in [2.05, 4.69) is 61.3 Å². The molecule has 190 valence electrons. The maximum Gasteiger partial charge on any atom is 0.182 e. The molecule has 8 rings (SSSR count). The Bertz CT molecular complexity index is 2020. The number of para-hydroxylation sites is 1. The lowest BCUT2D eigenvalue weighted by Crippen LogP contribution is -2.15. The van der Waals surface area contributed by atoms with E-state index in [1.807, 2.05) is 60.7 Å². The van der Waals surface area contributed by atoms with Crippen molar-refractivity contribution in [2.45, 2.75) is 19.3 Å². The first kappa shape index (κ1) is 22.8. The molecule has 5 nitrogen and oxygen atoms in total. The molecular formula is C35H24N4O. The van der Waals surface area contributed by atoms with Crippen molar-refractivity contribution < 1.29 is 4.42 Å². The van der Waals surface area contributed by atoms with E-state index in [4.69, 9.17) is 19.4 Å². The van der Waals surface area contributed by atoms with Crippen LogP contribution in [0.4, 0.5) is 0 Å². The summed E-state index contributed by atoms with van der Waals surface area (Å²) in [6.45, 7) is 4.55. The van der Waals surface area contributed by atoms with Crippen LogP contribution in [-0.4, -0.2) is 19.9 Å². The number of aromatic nitrogens is 4. The predicted molar refractivity (Wildman–Crippen MR) is 159 cm³/mol. The summed E-state index contributed by atoms with van der Waals surface area (Å²) < 4.78 is 6.47. The lowest BCUT2D eigenvalue weighted by atomic mass is 9.81. The first-order chi connectivity index (χ1) is 19.6. The highest BCUT2D eigenvalue weighted by Gasteiger charge is 2.39. The molecule has 0 spiro atoms. The van der Waals surface area contributed by atoms with Gasteiger partial charge in [-0.05, 0) is 47.0 Å². The van der Waals surface area contributed by atoms with E-state index < -0.39 is 0 Å². The largest absolute Gasteiger partial charge is 0.456 e. The predicted octanol–water partition coefficient (Wildman–Crippen LogP) is 8.47. The zero-order valence-electron chi connectivity index (χ0n) is 22.1. The van der Waals surface area contributed by atoms with E-state index >= 15 is 0 Å². The zero-order valence-corrected chi connectivity index (χ0v) is 22.1. The van der Waals surface area contributed by atoms with Gasteiger partial charge in [-0.15, -0.1) is 0 Å². The monoisotopic (exact) mass is 516 g/mol. The lowest BCUT2D eigenvalue weighted by molar-refractivity contribution is 0.620. The van der Waals surface area contributed by atoms with Crippen molar-refractivity contribution in [2.75, 3.05) is 0 Å². The minimum Gasteiger partial charge on any atom is -0.456 e. The third-order valence-corrected chi connectivity index (χ3v) is 7.97. The van der Waals surface area contributed by atoms with Gasteiger partial charge in [0.05, 0.1) is 0 Å². The minimum absolute atomic E-state index is 0.271. The second-order valence-corrected chi connectivity index (χ2v) is 10.7. The third-order valence-electron chi connectivity index (χ3n) is 7.97. The molecule has 3 heterocycles. The minimum atomic E-state index is -0.271. The van der Waals surface area contributed by atoms with Crippen LogP contribution < -0.4 is 0 Å². The van der Waals surface area contributed by atoms with Crippen LogP contribution in [0.25, 0.3) is 67.4 Å². The number of rotatable bonds is 3. The van der Waals surface area contributed by atoms with E-state index in [1.54, 1.807) is 6.20 Å². The molecule has 5 heteroatoms. The fourth-order valence-corrected chi connectivity index (χ4v) is 6.03. The van der Waals surface area contributed by atoms with Crippen LogP contribution in [0.1, 0.15) is 25.0 Å². The summed E-state index contributed by atoms with van der Waals surface area (Å²) in [6, 6.07) is 35.0. The van der Waals surface area contributed by atoms with Gasteiger partial charge in [0.1, 0.15) is 16.9 Å². The molecule has 0 bridgehead atoms. The Morgan fingerprint density at radius 1 is 0.600 bits per heavy atom. The van der Waals surface area contributed by atoms with Gasteiger partial charge in [0, 0.05) is 39.1 Å².